The minimum Gasteiger partial charge on any atom is -0.307 e. The van der Waals surface area contributed by atoms with Crippen molar-refractivity contribution in [2.75, 3.05) is 0 Å². The fourth-order valence-electron chi connectivity index (χ4n) is 1.43. The highest BCUT2D eigenvalue weighted by atomic mass is 32.1. The van der Waals surface area contributed by atoms with Gasteiger partial charge in [0.2, 0.25) is 0 Å². The fraction of sp³-hybridized carbons (Fsp3) is 0.500. The Balaban J connectivity index is 1.92. The second kappa shape index (κ2) is 4.98. The molecule has 0 aliphatic rings. The Morgan fingerprint density at radius 2 is 2.06 bits per heavy atom. The lowest BCUT2D eigenvalue weighted by atomic mass is 10.1. The first kappa shape index (κ1) is 12.3. The van der Waals surface area contributed by atoms with E-state index in [4.69, 9.17) is 0 Å². The molecule has 2 aromatic heterocycles. The van der Waals surface area contributed by atoms with Crippen molar-refractivity contribution in [2.45, 2.75) is 39.4 Å². The third-order valence-corrected chi connectivity index (χ3v) is 3.36. The molecule has 0 aliphatic heterocycles. The zero-order valence-electron chi connectivity index (χ0n) is 10.5. The number of nitrogens with one attached hydrogen (secondary N) is 1. The molecule has 17 heavy (non-hydrogen) atoms. The molecule has 0 unspecified atom stereocenters. The van der Waals surface area contributed by atoms with Crippen LogP contribution in [-0.2, 0) is 13.1 Å². The summed E-state index contributed by atoms with van der Waals surface area (Å²) in [6.07, 6.45) is 3.31. The number of nitrogens with zero attached hydrogens (tertiary/aromatic N) is 3. The van der Waals surface area contributed by atoms with Crippen LogP contribution in [0.4, 0.5) is 0 Å². The molecular weight excluding hydrogens is 232 g/mol. The van der Waals surface area contributed by atoms with Crippen molar-refractivity contribution in [3.63, 3.8) is 0 Å². The molecule has 4 nitrogen and oxygen atoms in total. The van der Waals surface area contributed by atoms with Gasteiger partial charge in [-0.25, -0.2) is 9.67 Å². The molecule has 0 fully saturated rings. The van der Waals surface area contributed by atoms with Crippen LogP contribution >= 0.6 is 11.3 Å². The number of thiophene rings is 1. The third kappa shape index (κ3) is 3.94. The van der Waals surface area contributed by atoms with E-state index in [2.05, 4.69) is 48.3 Å². The topological polar surface area (TPSA) is 42.7 Å². The highest BCUT2D eigenvalue weighted by Crippen LogP contribution is 2.18. The summed E-state index contributed by atoms with van der Waals surface area (Å²) in [5.74, 6) is 0. The minimum atomic E-state index is 0.163. The van der Waals surface area contributed by atoms with E-state index < -0.39 is 0 Å². The molecule has 0 aromatic carbocycles. The van der Waals surface area contributed by atoms with Crippen LogP contribution in [0.3, 0.4) is 0 Å². The monoisotopic (exact) mass is 250 g/mol. The van der Waals surface area contributed by atoms with Crippen LogP contribution in [0.2, 0.25) is 0 Å². The molecule has 2 rings (SSSR count). The van der Waals surface area contributed by atoms with Gasteiger partial charge in [-0.15, -0.1) is 11.3 Å². The first-order valence-electron chi connectivity index (χ1n) is 5.68. The summed E-state index contributed by atoms with van der Waals surface area (Å²) in [6.45, 7) is 8.26. The predicted octanol–water partition coefficient (Wildman–Crippen LogP) is 2.28. The Bertz CT molecular complexity index is 453. The van der Waals surface area contributed by atoms with Gasteiger partial charge in [0.1, 0.15) is 12.7 Å². The van der Waals surface area contributed by atoms with Gasteiger partial charge in [-0.3, -0.25) is 0 Å². The number of hydrogen-bond acceptors (Lipinski definition) is 4. The Labute approximate surface area is 106 Å². The smallest absolute Gasteiger partial charge is 0.137 e. The first-order valence-corrected chi connectivity index (χ1v) is 6.50. The normalized spacial score (nSPS) is 11.9. The van der Waals surface area contributed by atoms with E-state index in [1.807, 2.05) is 16.0 Å². The van der Waals surface area contributed by atoms with Gasteiger partial charge in [0.05, 0.1) is 6.54 Å². The maximum absolute atomic E-state index is 4.10. The van der Waals surface area contributed by atoms with Gasteiger partial charge in [0.15, 0.2) is 0 Å². The molecule has 2 heterocycles. The zero-order chi connectivity index (χ0) is 12.3. The second-order valence-corrected chi connectivity index (χ2v) is 6.32. The van der Waals surface area contributed by atoms with Crippen molar-refractivity contribution in [2.24, 2.45) is 0 Å². The number of rotatable bonds is 4. The first-order chi connectivity index (χ1) is 8.03. The van der Waals surface area contributed by atoms with Crippen LogP contribution in [0.15, 0.2) is 24.8 Å². The van der Waals surface area contributed by atoms with Crippen molar-refractivity contribution in [1.29, 1.82) is 0 Å². The van der Waals surface area contributed by atoms with Crippen molar-refractivity contribution in [3.8, 4) is 0 Å². The van der Waals surface area contributed by atoms with Gasteiger partial charge in [-0.2, -0.15) is 5.10 Å². The summed E-state index contributed by atoms with van der Waals surface area (Å²) in [5.41, 5.74) is 0.163. The summed E-state index contributed by atoms with van der Waals surface area (Å²) >= 11 is 1.82. The molecule has 1 N–H and O–H groups in total. The molecule has 0 radical (unpaired) electrons. The van der Waals surface area contributed by atoms with Gasteiger partial charge in [0.25, 0.3) is 0 Å². The average Bonchev–Trinajstić information content (AvgIpc) is 2.86. The van der Waals surface area contributed by atoms with Gasteiger partial charge >= 0.3 is 0 Å². The maximum Gasteiger partial charge on any atom is 0.137 e. The fourth-order valence-corrected chi connectivity index (χ4v) is 2.38. The van der Waals surface area contributed by atoms with Crippen molar-refractivity contribution < 1.29 is 0 Å². The molecule has 92 valence electrons. The highest BCUT2D eigenvalue weighted by Gasteiger charge is 2.09. The Morgan fingerprint density at radius 1 is 1.29 bits per heavy atom. The summed E-state index contributed by atoms with van der Waals surface area (Å²) < 4.78 is 1.84. The Morgan fingerprint density at radius 3 is 2.71 bits per heavy atom. The van der Waals surface area contributed by atoms with E-state index in [0.29, 0.717) is 0 Å². The zero-order valence-corrected chi connectivity index (χ0v) is 11.3. The van der Waals surface area contributed by atoms with Gasteiger partial charge < -0.3 is 5.32 Å². The lowest BCUT2D eigenvalue weighted by Gasteiger charge is -2.19. The van der Waals surface area contributed by atoms with Crippen molar-refractivity contribution in [1.82, 2.24) is 20.1 Å². The van der Waals surface area contributed by atoms with E-state index >= 15 is 0 Å². The maximum atomic E-state index is 4.10. The van der Waals surface area contributed by atoms with E-state index in [1.54, 1.807) is 12.7 Å². The molecule has 2 aromatic rings. The summed E-state index contributed by atoms with van der Waals surface area (Å²) in [7, 11) is 0. The molecule has 0 amide bonds. The summed E-state index contributed by atoms with van der Waals surface area (Å²) in [5, 5.41) is 7.59. The van der Waals surface area contributed by atoms with Gasteiger partial charge in [0, 0.05) is 21.8 Å². The van der Waals surface area contributed by atoms with E-state index in [1.165, 1.54) is 9.75 Å². The van der Waals surface area contributed by atoms with Crippen LogP contribution in [0.5, 0.6) is 0 Å². The molecule has 0 bridgehead atoms. The molecule has 0 saturated carbocycles. The molecule has 0 atom stereocenters. The molecular formula is C12H18N4S. The lowest BCUT2D eigenvalue weighted by molar-refractivity contribution is 0.426. The van der Waals surface area contributed by atoms with Crippen LogP contribution in [0, 0.1) is 0 Å². The van der Waals surface area contributed by atoms with E-state index in [-0.39, 0.29) is 5.54 Å². The molecule has 0 aliphatic carbocycles. The summed E-state index contributed by atoms with van der Waals surface area (Å²) in [4.78, 5) is 6.60. The molecule has 0 saturated heterocycles. The second-order valence-electron chi connectivity index (χ2n) is 5.06. The third-order valence-electron chi connectivity index (χ3n) is 2.29. The Kier molecular flexibility index (Phi) is 3.59. The molecule has 0 spiro atoms. The molecule has 5 heteroatoms. The van der Waals surface area contributed by atoms with E-state index in [9.17, 15) is 0 Å². The SMILES string of the molecule is CC(C)(C)NCc1ccc(Cn2cncn2)s1. The van der Waals surface area contributed by atoms with Crippen molar-refractivity contribution in [3.05, 3.63) is 34.5 Å². The van der Waals surface area contributed by atoms with Gasteiger partial charge in [-0.05, 0) is 32.9 Å². The van der Waals surface area contributed by atoms with Crippen LogP contribution in [-0.4, -0.2) is 20.3 Å². The highest BCUT2D eigenvalue weighted by molar-refractivity contribution is 7.11. The quantitative estimate of drug-likeness (QED) is 0.905. The van der Waals surface area contributed by atoms with Crippen LogP contribution in [0.1, 0.15) is 30.5 Å². The van der Waals surface area contributed by atoms with E-state index in [0.717, 1.165) is 13.1 Å². The van der Waals surface area contributed by atoms with Crippen molar-refractivity contribution >= 4 is 11.3 Å². The largest absolute Gasteiger partial charge is 0.307 e. The van der Waals surface area contributed by atoms with Crippen LogP contribution < -0.4 is 5.32 Å². The standard InChI is InChI=1S/C12H18N4S/c1-12(2,3)14-6-10-4-5-11(17-10)7-16-9-13-8-15-16/h4-5,8-9,14H,6-7H2,1-3H3. The van der Waals surface area contributed by atoms with Crippen LogP contribution in [0.25, 0.3) is 0 Å². The lowest BCUT2D eigenvalue weighted by Crippen LogP contribution is -2.34. The minimum absolute atomic E-state index is 0.163. The summed E-state index contributed by atoms with van der Waals surface area (Å²) in [6, 6.07) is 4.34. The van der Waals surface area contributed by atoms with Gasteiger partial charge in [-0.1, -0.05) is 0 Å². The number of hydrogen-bond donors (Lipinski definition) is 1. The average molecular weight is 250 g/mol. The Hall–Kier alpha value is -1.20. The number of aromatic nitrogens is 3. The predicted molar refractivity (Wildman–Crippen MR) is 70.0 cm³/mol.